The molecule has 0 saturated carbocycles. The number of aliphatic hydroxyl groups is 14. The maximum absolute atomic E-state index is 12.1. The molecule has 21 unspecified atom stereocenters. The van der Waals surface area contributed by atoms with Crippen LogP contribution in [0.25, 0.3) is 0 Å². The summed E-state index contributed by atoms with van der Waals surface area (Å²) in [5.41, 5.74) is 0. The predicted octanol–water partition coefficient (Wildman–Crippen LogP) is -14.5. The van der Waals surface area contributed by atoms with Gasteiger partial charge in [0, 0.05) is 0 Å². The first-order valence-corrected chi connectivity index (χ1v) is 31.9. The van der Waals surface area contributed by atoms with Crippen LogP contribution in [0, 0.1) is 0 Å². The maximum atomic E-state index is 12.1. The summed E-state index contributed by atoms with van der Waals surface area (Å²) in [6, 6.07) is 0. The summed E-state index contributed by atoms with van der Waals surface area (Å²) in [4.78, 5) is 83.5. The lowest BCUT2D eigenvalue weighted by Crippen LogP contribution is -2.69. The van der Waals surface area contributed by atoms with Gasteiger partial charge in [0.2, 0.25) is 0 Å². The minimum absolute atomic E-state index is 0.993. The van der Waals surface area contributed by atoms with Gasteiger partial charge in [0.15, 0.2) is 44.0 Å². The fraction of sp³-hybridized carbons (Fsp3) is 0.875. The lowest BCUT2D eigenvalue weighted by molar-refractivity contribution is -0.400. The van der Waals surface area contributed by atoms with Crippen molar-refractivity contribution < 1.29 is 240 Å². The summed E-state index contributed by atoms with van der Waals surface area (Å²) >= 11 is 0. The van der Waals surface area contributed by atoms with Gasteiger partial charge in [-0.3, -0.25) is 0 Å². The molecular weight excluding hydrogens is 1460 g/mol. The summed E-state index contributed by atoms with van der Waals surface area (Å²) in [5.74, 6) is -11.8. The number of carboxylic acids is 7. The molecule has 21 heterocycles. The zero-order valence-electron chi connectivity index (χ0n) is 54.4. The van der Waals surface area contributed by atoms with Gasteiger partial charge in [0.1, 0.15) is 217 Å². The van der Waals surface area contributed by atoms with E-state index in [1.807, 2.05) is 0 Å². The van der Waals surface area contributed by atoms with Crippen molar-refractivity contribution in [3.8, 4) is 0 Å². The Morgan fingerprint density at radius 3 is 0.571 bits per heavy atom. The van der Waals surface area contributed by atoms with Gasteiger partial charge in [-0.25, -0.2) is 33.6 Å². The molecule has 21 saturated heterocycles. The number of carbonyl (C=O) groups is 7. The number of rotatable bonds is 28. The van der Waals surface area contributed by atoms with Crippen molar-refractivity contribution in [1.29, 1.82) is 0 Å². The molecule has 21 aliphatic heterocycles. The number of carboxylic acid groups (broad SMARTS) is 7. The highest BCUT2D eigenvalue weighted by atomic mass is 16.8. The van der Waals surface area contributed by atoms with E-state index < -0.39 is 349 Å². The fourth-order valence-electron chi connectivity index (χ4n) is 12.5. The van der Waals surface area contributed by atoms with E-state index in [0.29, 0.717) is 0 Å². The Kier molecular flexibility index (Phi) is 31.8. The number of hydrogen-bond donors (Lipinski definition) is 21. The summed E-state index contributed by atoms with van der Waals surface area (Å²) in [7, 11) is 0. The molecule has 0 radical (unpaired) electrons. The minimum atomic E-state index is -2.48. The lowest BCUT2D eigenvalue weighted by atomic mass is 9.94. The van der Waals surface area contributed by atoms with E-state index in [4.69, 9.17) is 99.5 Å². The highest BCUT2D eigenvalue weighted by molar-refractivity contribution is 5.70. The van der Waals surface area contributed by atoms with Crippen molar-refractivity contribution in [3.63, 3.8) is 0 Å². The van der Waals surface area contributed by atoms with Crippen molar-refractivity contribution in [2.24, 2.45) is 0 Å². The summed E-state index contributed by atoms with van der Waals surface area (Å²) in [6.45, 7) is -16.8. The van der Waals surface area contributed by atoms with Crippen LogP contribution in [0.4, 0.5) is 0 Å². The smallest absolute Gasteiger partial charge is 0.329 e. The van der Waals surface area contributed by atoms with Crippen LogP contribution < -0.4 is 0 Å². The Bertz CT molecular complexity index is 2760. The minimum Gasteiger partial charge on any atom is -0.480 e. The van der Waals surface area contributed by atoms with Crippen LogP contribution in [0.5, 0.6) is 0 Å². The average molecular weight is 1540 g/mol. The topological polar surface area (TPSA) is 738 Å². The highest BCUT2D eigenvalue weighted by Gasteiger charge is 2.61. The predicted molar refractivity (Wildman–Crippen MR) is 308 cm³/mol. The van der Waals surface area contributed by atoms with Crippen LogP contribution in [0.1, 0.15) is 0 Å². The van der Waals surface area contributed by atoms with E-state index >= 15 is 0 Å². The quantitative estimate of drug-likeness (QED) is 0.0346. The second-order valence-corrected chi connectivity index (χ2v) is 24.5. The molecule has 49 nitrogen and oxygen atoms in total. The molecule has 14 bridgehead atoms. The van der Waals surface area contributed by atoms with Crippen LogP contribution in [0.15, 0.2) is 0 Å². The molecule has 105 heavy (non-hydrogen) atoms. The molecule has 0 aromatic heterocycles. The third-order valence-electron chi connectivity index (χ3n) is 17.3. The molecule has 602 valence electrons. The monoisotopic (exact) mass is 1540 g/mol. The Hall–Kier alpha value is -5.11. The molecule has 0 aromatic carbocycles. The van der Waals surface area contributed by atoms with Gasteiger partial charge in [0.05, 0.1) is 46.2 Å². The van der Waals surface area contributed by atoms with Gasteiger partial charge in [0.25, 0.3) is 0 Å². The lowest BCUT2D eigenvalue weighted by Gasteiger charge is -2.51. The molecule has 21 N–H and O–H groups in total. The van der Waals surface area contributed by atoms with E-state index in [0.717, 1.165) is 0 Å². The summed E-state index contributed by atoms with van der Waals surface area (Å²) < 4.78 is 121. The molecule has 21 aliphatic rings. The normalized spacial score (nSPS) is 43.5. The number of aliphatic hydroxyl groups excluding tert-OH is 14. The Balaban J connectivity index is 1.23. The molecule has 0 spiro atoms. The molecular formula is C56H84O49. The van der Waals surface area contributed by atoms with Crippen molar-refractivity contribution in [2.45, 2.75) is 215 Å². The van der Waals surface area contributed by atoms with E-state index in [1.165, 1.54) is 0 Å². The Morgan fingerprint density at radius 1 is 0.219 bits per heavy atom. The number of hydrogen-bond acceptors (Lipinski definition) is 42. The molecule has 35 atom stereocenters. The molecule has 0 aliphatic carbocycles. The van der Waals surface area contributed by atoms with E-state index in [9.17, 15) is 141 Å². The highest BCUT2D eigenvalue weighted by Crippen LogP contribution is 2.41. The van der Waals surface area contributed by atoms with Gasteiger partial charge < -0.3 is 207 Å². The third kappa shape index (κ3) is 21.3. The van der Waals surface area contributed by atoms with E-state index in [2.05, 4.69) is 0 Å². The van der Waals surface area contributed by atoms with Gasteiger partial charge >= 0.3 is 41.8 Å². The summed E-state index contributed by atoms with van der Waals surface area (Å²) in [5, 5.41) is 231. The molecule has 21 rings (SSSR count). The van der Waals surface area contributed by atoms with Gasteiger partial charge in [-0.05, 0) is 0 Å². The maximum Gasteiger partial charge on any atom is 0.329 e. The van der Waals surface area contributed by atoms with Crippen molar-refractivity contribution in [3.05, 3.63) is 0 Å². The first-order valence-electron chi connectivity index (χ1n) is 31.9. The Morgan fingerprint density at radius 2 is 0.390 bits per heavy atom. The third-order valence-corrected chi connectivity index (χ3v) is 17.3. The molecule has 21 fully saturated rings. The standard InChI is InChI=1S/C56H84O49/c57-1-15-42-47(89-12-26(69)70)36(82)54(93-15)104-44-17(3-59)95-56(38(84)49(44)91-14-28(73)74)105-45-18(4-60)94-55(37(83)48(45)90-13-27(71)72)103-43-16(2-58)92-53(35(81)46(43)88-11-25(67)68)101-41-21(7-87-10-24(65)66)97-51(33(79)30(41)76)99-39-19(5-85-8-22(61)62)96-50(32(78)29(39)75)100-40-20(6-86-9-23(63)64)98-52(102-42)34(80)31(40)77/h15-21,29-60,75-84H,1-14H2,(H,61,62)(H,63,64)(H,65,66)(H,67,68)(H,69,70)(H,71,72)(H,73,74)/t15?,16?,17?,18?,19?,20?,21?,29?,30?,31?,32?,33?,34?,35?,36?,37?,38?,39-,40-,41-,42-,43-,44-,45-,46?,47?,48?,49?,50-,51-,52-,53-,54-,55-,56-/m1/s1. The number of ether oxygens (including phenoxy) is 21. The van der Waals surface area contributed by atoms with Crippen LogP contribution in [-0.4, -0.2) is 456 Å². The van der Waals surface area contributed by atoms with Crippen LogP contribution >= 0.6 is 0 Å². The zero-order chi connectivity index (χ0) is 77.0. The first kappa shape index (κ1) is 85.5. The van der Waals surface area contributed by atoms with Gasteiger partial charge in [-0.15, -0.1) is 0 Å². The van der Waals surface area contributed by atoms with Crippen molar-refractivity contribution in [2.75, 3.05) is 92.5 Å². The van der Waals surface area contributed by atoms with Gasteiger partial charge in [-0.1, -0.05) is 0 Å². The largest absolute Gasteiger partial charge is 0.480 e. The SMILES string of the molecule is O=C(O)COCC1O[C@@H]2O[C@@H]3C(COCC(=O)O)O[C@H](O[C@@H]4C(CO)O[C@H](O[C@@H]5C(CO)O[C@H](O[C@@H]6C(CO)O[C@H](O[C@@H]7C(CO)O[C@H](O[C@@H]8C(COCC(=O)O)O[C@H](O[C@H]1C(O)C2O)C(O)C8O)C(O)C7OCC(=O)O)C(O)C6OCC(=O)O)C(O)C5OCC(=O)O)C(O)C4OCC(=O)O)C(O)C3O. The zero-order valence-corrected chi connectivity index (χ0v) is 54.4. The van der Waals surface area contributed by atoms with E-state index in [-0.39, 0.29) is 0 Å². The number of aliphatic carboxylic acids is 7. The van der Waals surface area contributed by atoms with Crippen LogP contribution in [0.3, 0.4) is 0 Å². The van der Waals surface area contributed by atoms with Crippen LogP contribution in [-0.2, 0) is 133 Å². The van der Waals surface area contributed by atoms with Crippen molar-refractivity contribution >= 4 is 41.8 Å². The first-order chi connectivity index (χ1) is 49.8. The fourth-order valence-corrected chi connectivity index (χ4v) is 12.5. The molecule has 0 aromatic rings. The second kappa shape index (κ2) is 39.0. The van der Waals surface area contributed by atoms with Crippen molar-refractivity contribution in [1.82, 2.24) is 0 Å². The Labute approximate surface area is 588 Å². The molecule has 49 heteroatoms. The summed E-state index contributed by atoms with van der Waals surface area (Å²) in [6.07, 6.45) is -78.6. The second-order valence-electron chi connectivity index (χ2n) is 24.5. The van der Waals surface area contributed by atoms with Crippen LogP contribution in [0.2, 0.25) is 0 Å². The molecule has 0 amide bonds. The van der Waals surface area contributed by atoms with E-state index in [1.54, 1.807) is 0 Å². The van der Waals surface area contributed by atoms with Gasteiger partial charge in [-0.2, -0.15) is 0 Å². The average Bonchev–Trinajstić information content (AvgIpc) is 0.804.